The van der Waals surface area contributed by atoms with Crippen LogP contribution in [0.1, 0.15) is 6.42 Å². The lowest BCUT2D eigenvalue weighted by Crippen LogP contribution is -2.28. The molecule has 1 aliphatic heterocycles. The van der Waals surface area contributed by atoms with E-state index in [1.165, 1.54) is 17.0 Å². The highest BCUT2D eigenvalue weighted by Crippen LogP contribution is 2.31. The molecule has 7 heteroatoms. The van der Waals surface area contributed by atoms with Gasteiger partial charge in [-0.2, -0.15) is 0 Å². The number of hydrogen-bond donors (Lipinski definition) is 1. The van der Waals surface area contributed by atoms with Crippen LogP contribution in [-0.4, -0.2) is 18.4 Å². The van der Waals surface area contributed by atoms with E-state index in [1.54, 1.807) is 30.3 Å². The number of nitrogens with zero attached hydrogens (tertiary/aromatic N) is 1. The average Bonchev–Trinajstić information content (AvgIpc) is 2.94. The Morgan fingerprint density at radius 1 is 1.17 bits per heavy atom. The van der Waals surface area contributed by atoms with Crippen LogP contribution < -0.4 is 10.2 Å². The van der Waals surface area contributed by atoms with Crippen molar-refractivity contribution in [1.82, 2.24) is 0 Å². The second-order valence-corrected chi connectivity index (χ2v) is 6.23. The summed E-state index contributed by atoms with van der Waals surface area (Å²) in [6, 6.07) is 10.9. The lowest BCUT2D eigenvalue weighted by atomic mass is 10.1. The van der Waals surface area contributed by atoms with E-state index >= 15 is 0 Å². The van der Waals surface area contributed by atoms with Gasteiger partial charge in [0.2, 0.25) is 11.8 Å². The SMILES string of the molecule is O=C(Nc1cccc(Cl)c1Cl)[C@@H]1CC(=O)N(c2ccccc2F)C1. The molecule has 24 heavy (non-hydrogen) atoms. The van der Waals surface area contributed by atoms with Gasteiger partial charge in [0.25, 0.3) is 0 Å². The van der Waals surface area contributed by atoms with Gasteiger partial charge in [-0.25, -0.2) is 4.39 Å². The van der Waals surface area contributed by atoms with E-state index in [-0.39, 0.29) is 35.5 Å². The van der Waals surface area contributed by atoms with Crippen LogP contribution >= 0.6 is 23.2 Å². The molecule has 0 aromatic heterocycles. The number of para-hydroxylation sites is 1. The Balaban J connectivity index is 1.75. The third kappa shape index (κ3) is 3.23. The van der Waals surface area contributed by atoms with Gasteiger partial charge in [-0.3, -0.25) is 9.59 Å². The number of amides is 2. The maximum absolute atomic E-state index is 13.9. The van der Waals surface area contributed by atoms with E-state index in [9.17, 15) is 14.0 Å². The van der Waals surface area contributed by atoms with Crippen molar-refractivity contribution in [2.24, 2.45) is 5.92 Å². The molecule has 0 bridgehead atoms. The number of anilines is 2. The van der Waals surface area contributed by atoms with Crippen LogP contribution in [0.15, 0.2) is 42.5 Å². The molecule has 0 unspecified atom stereocenters. The lowest BCUT2D eigenvalue weighted by Gasteiger charge is -2.17. The van der Waals surface area contributed by atoms with Gasteiger partial charge >= 0.3 is 0 Å². The first-order valence-electron chi connectivity index (χ1n) is 7.27. The van der Waals surface area contributed by atoms with Crippen molar-refractivity contribution in [3.8, 4) is 0 Å². The number of halogens is 3. The molecule has 3 rings (SSSR count). The third-order valence-electron chi connectivity index (χ3n) is 3.85. The second-order valence-electron chi connectivity index (χ2n) is 5.45. The molecule has 1 atom stereocenters. The molecule has 2 aromatic carbocycles. The maximum atomic E-state index is 13.9. The molecular formula is C17H13Cl2FN2O2. The standard InChI is InChI=1S/C17H13Cl2FN2O2/c18-11-4-3-6-13(16(11)19)21-17(24)10-8-15(23)22(9-10)14-7-2-1-5-12(14)20/h1-7,10H,8-9H2,(H,21,24)/t10-/m1/s1. The van der Waals surface area contributed by atoms with Gasteiger partial charge < -0.3 is 10.2 Å². The number of nitrogens with one attached hydrogen (secondary N) is 1. The zero-order valence-electron chi connectivity index (χ0n) is 12.4. The summed E-state index contributed by atoms with van der Waals surface area (Å²) in [4.78, 5) is 25.8. The van der Waals surface area contributed by atoms with Gasteiger partial charge in [0.1, 0.15) is 5.82 Å². The highest BCUT2D eigenvalue weighted by molar-refractivity contribution is 6.44. The van der Waals surface area contributed by atoms with E-state index in [0.717, 1.165) is 0 Å². The van der Waals surface area contributed by atoms with Gasteiger partial charge in [0.05, 0.1) is 27.3 Å². The lowest BCUT2D eigenvalue weighted by molar-refractivity contribution is -0.122. The Morgan fingerprint density at radius 2 is 1.92 bits per heavy atom. The summed E-state index contributed by atoms with van der Waals surface area (Å²) in [7, 11) is 0. The van der Waals surface area contributed by atoms with Gasteiger partial charge in [0, 0.05) is 13.0 Å². The highest BCUT2D eigenvalue weighted by atomic mass is 35.5. The Morgan fingerprint density at radius 3 is 2.67 bits per heavy atom. The number of carbonyl (C=O) groups is 2. The zero-order chi connectivity index (χ0) is 17.3. The fourth-order valence-corrected chi connectivity index (χ4v) is 2.97. The monoisotopic (exact) mass is 366 g/mol. The predicted octanol–water partition coefficient (Wildman–Crippen LogP) is 4.12. The minimum absolute atomic E-state index is 0.0123. The second kappa shape index (κ2) is 6.79. The molecule has 0 spiro atoms. The van der Waals surface area contributed by atoms with Crippen LogP contribution in [0.5, 0.6) is 0 Å². The van der Waals surface area contributed by atoms with E-state index in [0.29, 0.717) is 10.7 Å². The topological polar surface area (TPSA) is 49.4 Å². The van der Waals surface area contributed by atoms with Crippen molar-refractivity contribution in [2.75, 3.05) is 16.8 Å². The first-order valence-corrected chi connectivity index (χ1v) is 8.02. The Hall–Kier alpha value is -2.11. The summed E-state index contributed by atoms with van der Waals surface area (Å²) in [6.07, 6.45) is 0.0123. The van der Waals surface area contributed by atoms with Gasteiger partial charge in [-0.15, -0.1) is 0 Å². The number of rotatable bonds is 3. The summed E-state index contributed by atoms with van der Waals surface area (Å²) in [5, 5.41) is 3.23. The molecule has 124 valence electrons. The van der Waals surface area contributed by atoms with Crippen LogP contribution in [0, 0.1) is 11.7 Å². The molecule has 2 aromatic rings. The molecular weight excluding hydrogens is 354 g/mol. The minimum Gasteiger partial charge on any atom is -0.324 e. The molecule has 1 N–H and O–H groups in total. The van der Waals surface area contributed by atoms with Gasteiger partial charge in [-0.1, -0.05) is 41.4 Å². The van der Waals surface area contributed by atoms with Gasteiger partial charge in [-0.05, 0) is 24.3 Å². The number of hydrogen-bond acceptors (Lipinski definition) is 2. The molecule has 0 saturated carbocycles. The summed E-state index contributed by atoms with van der Waals surface area (Å²) in [6.45, 7) is 0.115. The van der Waals surface area contributed by atoms with Crippen LogP contribution in [0.25, 0.3) is 0 Å². The highest BCUT2D eigenvalue weighted by Gasteiger charge is 2.36. The molecule has 1 fully saturated rings. The fourth-order valence-electron chi connectivity index (χ4n) is 2.62. The van der Waals surface area contributed by atoms with Crippen molar-refractivity contribution in [3.63, 3.8) is 0 Å². The van der Waals surface area contributed by atoms with Crippen molar-refractivity contribution in [3.05, 3.63) is 58.3 Å². The molecule has 1 saturated heterocycles. The number of benzene rings is 2. The average molecular weight is 367 g/mol. The summed E-state index contributed by atoms with van der Waals surface area (Å²) < 4.78 is 13.9. The number of carbonyl (C=O) groups excluding carboxylic acids is 2. The molecule has 4 nitrogen and oxygen atoms in total. The van der Waals surface area contributed by atoms with Crippen molar-refractivity contribution in [1.29, 1.82) is 0 Å². The van der Waals surface area contributed by atoms with E-state index in [4.69, 9.17) is 23.2 Å². The predicted molar refractivity (Wildman–Crippen MR) is 92.0 cm³/mol. The Bertz CT molecular complexity index is 813. The molecule has 1 aliphatic rings. The first kappa shape index (κ1) is 16.7. The smallest absolute Gasteiger partial charge is 0.229 e. The van der Waals surface area contributed by atoms with Crippen molar-refractivity contribution >= 4 is 46.4 Å². The van der Waals surface area contributed by atoms with E-state index < -0.39 is 11.7 Å². The first-order chi connectivity index (χ1) is 11.5. The quantitative estimate of drug-likeness (QED) is 0.887. The molecule has 0 aliphatic carbocycles. The van der Waals surface area contributed by atoms with Crippen LogP contribution in [0.2, 0.25) is 10.0 Å². The third-order valence-corrected chi connectivity index (χ3v) is 4.67. The summed E-state index contributed by atoms with van der Waals surface area (Å²) >= 11 is 12.0. The van der Waals surface area contributed by atoms with Crippen molar-refractivity contribution in [2.45, 2.75) is 6.42 Å². The molecule has 1 heterocycles. The van der Waals surface area contributed by atoms with E-state index in [1.807, 2.05) is 0 Å². The summed E-state index contributed by atoms with van der Waals surface area (Å²) in [5.41, 5.74) is 0.560. The van der Waals surface area contributed by atoms with Crippen molar-refractivity contribution < 1.29 is 14.0 Å². The molecule has 0 radical (unpaired) electrons. The Labute approximate surface area is 148 Å². The largest absolute Gasteiger partial charge is 0.324 e. The summed E-state index contributed by atoms with van der Waals surface area (Å²) in [5.74, 6) is -1.74. The maximum Gasteiger partial charge on any atom is 0.229 e. The molecule has 2 amide bonds. The zero-order valence-corrected chi connectivity index (χ0v) is 13.9. The minimum atomic E-state index is -0.591. The van der Waals surface area contributed by atoms with Crippen LogP contribution in [0.4, 0.5) is 15.8 Å². The van der Waals surface area contributed by atoms with Crippen LogP contribution in [0.3, 0.4) is 0 Å². The van der Waals surface area contributed by atoms with Crippen LogP contribution in [-0.2, 0) is 9.59 Å². The fraction of sp³-hybridized carbons (Fsp3) is 0.176. The van der Waals surface area contributed by atoms with E-state index in [2.05, 4.69) is 5.32 Å². The normalized spacial score (nSPS) is 17.2. The Kier molecular flexibility index (Phi) is 4.73. The van der Waals surface area contributed by atoms with Gasteiger partial charge in [0.15, 0.2) is 0 Å².